The van der Waals surface area contributed by atoms with E-state index in [0.717, 1.165) is 40.4 Å². The van der Waals surface area contributed by atoms with Crippen molar-refractivity contribution in [2.24, 2.45) is 0 Å². The average Bonchev–Trinajstić information content (AvgIpc) is 3.43. The number of ether oxygens (including phenoxy) is 1. The van der Waals surface area contributed by atoms with Crippen molar-refractivity contribution < 1.29 is 9.53 Å². The Morgan fingerprint density at radius 2 is 1.94 bits per heavy atom. The summed E-state index contributed by atoms with van der Waals surface area (Å²) >= 11 is 1.74. The molecule has 0 spiro atoms. The third-order valence-corrected chi connectivity index (χ3v) is 6.95. The monoisotopic (exact) mass is 428 g/mol. The van der Waals surface area contributed by atoms with Gasteiger partial charge in [-0.25, -0.2) is 0 Å². The fourth-order valence-electron chi connectivity index (χ4n) is 4.18. The number of nitrogens with zero attached hydrogens (tertiary/aromatic N) is 1. The van der Waals surface area contributed by atoms with Gasteiger partial charge in [0.15, 0.2) is 0 Å². The first-order chi connectivity index (χ1) is 15.0. The lowest BCUT2D eigenvalue weighted by Crippen LogP contribution is -2.35. The van der Waals surface area contributed by atoms with Gasteiger partial charge in [0.1, 0.15) is 5.75 Å². The van der Waals surface area contributed by atoms with Gasteiger partial charge in [-0.3, -0.25) is 9.78 Å². The van der Waals surface area contributed by atoms with Crippen molar-refractivity contribution in [1.82, 2.24) is 10.3 Å². The second-order valence-corrected chi connectivity index (χ2v) is 9.37. The molecule has 156 valence electrons. The fourth-order valence-corrected chi connectivity index (χ4v) is 4.90. The number of aryl methyl sites for hydroxylation is 2. The normalized spacial score (nSPS) is 14.4. The summed E-state index contributed by atoms with van der Waals surface area (Å²) in [5, 5.41) is 6.63. The third kappa shape index (κ3) is 3.59. The molecule has 5 rings (SSSR count). The number of benzene rings is 2. The first-order valence-corrected chi connectivity index (χ1v) is 11.3. The molecule has 0 bridgehead atoms. The van der Waals surface area contributed by atoms with Gasteiger partial charge in [-0.2, -0.15) is 0 Å². The van der Waals surface area contributed by atoms with Crippen molar-refractivity contribution in [3.63, 3.8) is 0 Å². The minimum atomic E-state index is -0.366. The highest BCUT2D eigenvalue weighted by Crippen LogP contribution is 2.49. The molecule has 0 atom stereocenters. The molecule has 1 amide bonds. The predicted molar refractivity (Wildman–Crippen MR) is 126 cm³/mol. The van der Waals surface area contributed by atoms with Gasteiger partial charge < -0.3 is 10.1 Å². The van der Waals surface area contributed by atoms with Crippen molar-refractivity contribution >= 4 is 28.1 Å². The van der Waals surface area contributed by atoms with Gasteiger partial charge in [0.05, 0.1) is 18.2 Å². The summed E-state index contributed by atoms with van der Waals surface area (Å²) in [5.74, 6) is 0.618. The van der Waals surface area contributed by atoms with Crippen molar-refractivity contribution in [2.45, 2.75) is 32.2 Å². The van der Waals surface area contributed by atoms with Crippen LogP contribution in [0.5, 0.6) is 5.75 Å². The molecule has 5 heteroatoms. The maximum Gasteiger partial charge on any atom is 0.252 e. The van der Waals surface area contributed by atoms with Gasteiger partial charge in [-0.1, -0.05) is 12.1 Å². The fraction of sp³-hybridized carbons (Fsp3) is 0.231. The van der Waals surface area contributed by atoms with Crippen LogP contribution in [0.1, 0.15) is 39.2 Å². The molecule has 0 radical (unpaired) electrons. The number of fused-ring (bicyclic) bond motifs is 1. The standard InChI is InChI=1S/C26H24N2O2S/c1-16-6-7-20(30-3)14-22(16)25(29)28-26(8-9-26)23-12-18(19-11-17(2)31-15-19)13-24-21(23)5-4-10-27-24/h4-7,10-15H,8-9H2,1-3H3,(H,28,29). The number of nitrogens with one attached hydrogen (secondary N) is 1. The van der Waals surface area contributed by atoms with E-state index in [2.05, 4.69) is 46.9 Å². The summed E-state index contributed by atoms with van der Waals surface area (Å²) in [6.45, 7) is 4.07. The van der Waals surface area contributed by atoms with Crippen LogP contribution in [-0.4, -0.2) is 18.0 Å². The zero-order valence-corrected chi connectivity index (χ0v) is 18.7. The molecular formula is C26H24N2O2S. The molecule has 2 heterocycles. The van der Waals surface area contributed by atoms with E-state index < -0.39 is 0 Å². The lowest BCUT2D eigenvalue weighted by Gasteiger charge is -2.22. The van der Waals surface area contributed by atoms with E-state index in [9.17, 15) is 4.79 Å². The van der Waals surface area contributed by atoms with E-state index in [1.165, 1.54) is 10.4 Å². The van der Waals surface area contributed by atoms with Crippen molar-refractivity contribution in [3.05, 3.63) is 81.7 Å². The van der Waals surface area contributed by atoms with E-state index in [0.29, 0.717) is 11.3 Å². The van der Waals surface area contributed by atoms with Crippen LogP contribution in [0.3, 0.4) is 0 Å². The highest BCUT2D eigenvalue weighted by Gasteiger charge is 2.47. The highest BCUT2D eigenvalue weighted by atomic mass is 32.1. The zero-order valence-electron chi connectivity index (χ0n) is 17.9. The van der Waals surface area contributed by atoms with Crippen LogP contribution < -0.4 is 10.1 Å². The van der Waals surface area contributed by atoms with Crippen LogP contribution in [0, 0.1) is 13.8 Å². The minimum absolute atomic E-state index is 0.0669. The van der Waals surface area contributed by atoms with Gasteiger partial charge in [0.25, 0.3) is 5.91 Å². The maximum atomic E-state index is 13.3. The summed E-state index contributed by atoms with van der Waals surface area (Å²) in [6.07, 6.45) is 3.66. The smallest absolute Gasteiger partial charge is 0.252 e. The molecule has 1 N–H and O–H groups in total. The molecular weight excluding hydrogens is 404 g/mol. The van der Waals surface area contributed by atoms with Crippen LogP contribution in [0.15, 0.2) is 60.1 Å². The summed E-state index contributed by atoms with van der Waals surface area (Å²) in [5.41, 5.74) is 5.66. The second-order valence-electron chi connectivity index (χ2n) is 8.26. The van der Waals surface area contributed by atoms with E-state index in [1.807, 2.05) is 37.4 Å². The number of pyridine rings is 1. The summed E-state index contributed by atoms with van der Waals surface area (Å²) < 4.78 is 5.33. The molecule has 4 nitrogen and oxygen atoms in total. The topological polar surface area (TPSA) is 51.2 Å². The Hall–Kier alpha value is -3.18. The van der Waals surface area contributed by atoms with Crippen LogP contribution in [0.2, 0.25) is 0 Å². The largest absolute Gasteiger partial charge is 0.497 e. The number of carbonyl (C=O) groups excluding carboxylic acids is 1. The van der Waals surface area contributed by atoms with Crippen LogP contribution in [-0.2, 0) is 5.54 Å². The van der Waals surface area contributed by atoms with E-state index >= 15 is 0 Å². The van der Waals surface area contributed by atoms with Crippen LogP contribution >= 0.6 is 11.3 Å². The average molecular weight is 429 g/mol. The van der Waals surface area contributed by atoms with Crippen LogP contribution in [0.4, 0.5) is 0 Å². The van der Waals surface area contributed by atoms with Crippen LogP contribution in [0.25, 0.3) is 22.0 Å². The van der Waals surface area contributed by atoms with Gasteiger partial charge in [0, 0.05) is 22.0 Å². The summed E-state index contributed by atoms with van der Waals surface area (Å²) in [4.78, 5) is 19.2. The molecule has 2 aromatic carbocycles. The Morgan fingerprint density at radius 1 is 1.10 bits per heavy atom. The van der Waals surface area contributed by atoms with Gasteiger partial charge in [0.2, 0.25) is 0 Å². The van der Waals surface area contributed by atoms with Crippen molar-refractivity contribution in [1.29, 1.82) is 0 Å². The molecule has 0 unspecified atom stereocenters. The van der Waals surface area contributed by atoms with Gasteiger partial charge in [-0.05, 0) is 90.7 Å². The Kier molecular flexibility index (Phi) is 4.78. The van der Waals surface area contributed by atoms with E-state index in [-0.39, 0.29) is 11.4 Å². The summed E-state index contributed by atoms with van der Waals surface area (Å²) in [6, 6.07) is 16.3. The van der Waals surface area contributed by atoms with Gasteiger partial charge >= 0.3 is 0 Å². The lowest BCUT2D eigenvalue weighted by atomic mass is 9.94. The number of hydrogen-bond donors (Lipinski definition) is 1. The lowest BCUT2D eigenvalue weighted by molar-refractivity contribution is 0.0930. The molecule has 0 saturated heterocycles. The molecule has 1 aliphatic rings. The first kappa shape index (κ1) is 19.8. The molecule has 1 aliphatic carbocycles. The highest BCUT2D eigenvalue weighted by molar-refractivity contribution is 7.10. The Morgan fingerprint density at radius 3 is 2.65 bits per heavy atom. The Labute approximate surface area is 185 Å². The molecule has 31 heavy (non-hydrogen) atoms. The quantitative estimate of drug-likeness (QED) is 0.424. The molecule has 1 fully saturated rings. The zero-order chi connectivity index (χ0) is 21.6. The number of rotatable bonds is 5. The van der Waals surface area contributed by atoms with Crippen molar-refractivity contribution in [2.75, 3.05) is 7.11 Å². The molecule has 1 saturated carbocycles. The van der Waals surface area contributed by atoms with E-state index in [1.54, 1.807) is 18.4 Å². The van der Waals surface area contributed by atoms with Crippen molar-refractivity contribution in [3.8, 4) is 16.9 Å². The molecule has 2 aromatic heterocycles. The van der Waals surface area contributed by atoms with E-state index in [4.69, 9.17) is 4.74 Å². The SMILES string of the molecule is COc1ccc(C)c(C(=O)NC2(c3cc(-c4csc(C)c4)cc4ncccc34)CC2)c1. The molecule has 4 aromatic rings. The molecule has 0 aliphatic heterocycles. The Bertz CT molecular complexity index is 1300. The Balaban J connectivity index is 1.58. The minimum Gasteiger partial charge on any atom is -0.497 e. The second kappa shape index (κ2) is 7.50. The number of aromatic nitrogens is 1. The number of amides is 1. The first-order valence-electron chi connectivity index (χ1n) is 10.4. The number of hydrogen-bond acceptors (Lipinski definition) is 4. The predicted octanol–water partition coefficient (Wildman–Crippen LogP) is 6.01. The maximum absolute atomic E-state index is 13.3. The summed E-state index contributed by atoms with van der Waals surface area (Å²) in [7, 11) is 1.62. The van der Waals surface area contributed by atoms with Gasteiger partial charge in [-0.15, -0.1) is 11.3 Å². The number of methoxy groups -OCH3 is 1. The number of carbonyl (C=O) groups is 1. The third-order valence-electron chi connectivity index (χ3n) is 6.09. The number of thiophene rings is 1.